The van der Waals surface area contributed by atoms with Crippen molar-refractivity contribution in [2.75, 3.05) is 26.5 Å². The van der Waals surface area contributed by atoms with Crippen molar-refractivity contribution in [2.45, 2.75) is 6.42 Å². The van der Waals surface area contributed by atoms with Gasteiger partial charge in [0.25, 0.3) is 0 Å². The van der Waals surface area contributed by atoms with Crippen LogP contribution in [0, 0.1) is 0 Å². The maximum atomic E-state index is 10.6. The molecule has 7 heteroatoms. The minimum atomic E-state index is -3.10. The highest BCUT2D eigenvalue weighted by Crippen LogP contribution is 1.79. The van der Waals surface area contributed by atoms with E-state index < -0.39 is 16.0 Å². The Bertz CT molecular complexity index is 311. The summed E-state index contributed by atoms with van der Waals surface area (Å²) in [5.74, 6) is -0.434. The number of esters is 1. The molecule has 0 aromatic rings. The number of hydrogen-bond donors (Lipinski definition) is 2. The van der Waals surface area contributed by atoms with Gasteiger partial charge in [-0.2, -0.15) is 0 Å². The summed E-state index contributed by atoms with van der Waals surface area (Å²) in [5.41, 5.74) is 0. The van der Waals surface area contributed by atoms with Gasteiger partial charge in [-0.15, -0.1) is 0 Å². The lowest BCUT2D eigenvalue weighted by atomic mass is 10.4. The van der Waals surface area contributed by atoms with Crippen molar-refractivity contribution in [3.63, 3.8) is 0 Å². The number of ether oxygens (including phenoxy) is 1. The van der Waals surface area contributed by atoms with E-state index in [1.807, 2.05) is 0 Å². The first-order valence-corrected chi connectivity index (χ1v) is 6.27. The maximum absolute atomic E-state index is 10.6. The summed E-state index contributed by atoms with van der Waals surface area (Å²) in [6.07, 6.45) is 4.46. The normalized spacial score (nSPS) is 11.6. The van der Waals surface area contributed by atoms with Crippen LogP contribution in [0.5, 0.6) is 0 Å². The highest BCUT2D eigenvalue weighted by Gasteiger charge is 1.97. The zero-order chi connectivity index (χ0) is 11.7. The molecule has 0 spiro atoms. The average molecular weight is 236 g/mol. The largest absolute Gasteiger partial charge is 0.466 e. The molecule has 0 aliphatic rings. The van der Waals surface area contributed by atoms with Crippen LogP contribution in [0.3, 0.4) is 0 Å². The Morgan fingerprint density at radius 1 is 1.40 bits per heavy atom. The van der Waals surface area contributed by atoms with Crippen LogP contribution in [-0.4, -0.2) is 40.8 Å². The molecule has 0 fully saturated rings. The molecule has 0 unspecified atom stereocenters. The molecular formula is C8H16N2O4S. The minimum absolute atomic E-state index is 0.373. The Morgan fingerprint density at radius 3 is 2.60 bits per heavy atom. The van der Waals surface area contributed by atoms with Crippen molar-refractivity contribution in [1.29, 1.82) is 0 Å². The Labute approximate surface area is 89.7 Å². The van der Waals surface area contributed by atoms with E-state index in [9.17, 15) is 13.2 Å². The predicted molar refractivity (Wildman–Crippen MR) is 56.6 cm³/mol. The highest BCUT2D eigenvalue weighted by atomic mass is 32.2. The molecule has 88 valence electrons. The molecule has 0 aromatic heterocycles. The maximum Gasteiger partial charge on any atom is 0.331 e. The molecule has 0 radical (unpaired) electrons. The second-order valence-electron chi connectivity index (χ2n) is 2.83. The summed E-state index contributed by atoms with van der Waals surface area (Å²) in [7, 11) is -1.81. The van der Waals surface area contributed by atoms with Crippen molar-refractivity contribution in [1.82, 2.24) is 10.0 Å². The van der Waals surface area contributed by atoms with E-state index in [2.05, 4.69) is 14.8 Å². The SMILES string of the molecule is COC(=O)/C=C/NCCCNS(C)(=O)=O. The summed E-state index contributed by atoms with van der Waals surface area (Å²) in [4.78, 5) is 10.6. The first kappa shape index (κ1) is 13.9. The topological polar surface area (TPSA) is 84.5 Å². The number of methoxy groups -OCH3 is 1. The van der Waals surface area contributed by atoms with Crippen LogP contribution >= 0.6 is 0 Å². The van der Waals surface area contributed by atoms with Crippen molar-refractivity contribution in [2.24, 2.45) is 0 Å². The summed E-state index contributed by atoms with van der Waals surface area (Å²) in [6.45, 7) is 0.952. The first-order chi connectivity index (χ1) is 6.95. The third kappa shape index (κ3) is 10.8. The van der Waals surface area contributed by atoms with Gasteiger partial charge in [-0.05, 0) is 6.42 Å². The highest BCUT2D eigenvalue weighted by molar-refractivity contribution is 7.88. The molecule has 0 aliphatic carbocycles. The summed E-state index contributed by atoms with van der Waals surface area (Å²) in [6, 6.07) is 0. The van der Waals surface area contributed by atoms with Crippen molar-refractivity contribution < 1.29 is 17.9 Å². The molecule has 0 atom stereocenters. The lowest BCUT2D eigenvalue weighted by Gasteiger charge is -2.01. The molecule has 0 aromatic carbocycles. The van der Waals surface area contributed by atoms with Gasteiger partial charge in [0.05, 0.1) is 13.4 Å². The fraction of sp³-hybridized carbons (Fsp3) is 0.625. The predicted octanol–water partition coefficient (Wildman–Crippen LogP) is -0.798. The van der Waals surface area contributed by atoms with E-state index in [0.29, 0.717) is 19.5 Å². The van der Waals surface area contributed by atoms with Crippen LogP contribution in [-0.2, 0) is 19.6 Å². The lowest BCUT2D eigenvalue weighted by Crippen LogP contribution is -2.25. The number of nitrogens with one attached hydrogen (secondary N) is 2. The number of carbonyl (C=O) groups is 1. The average Bonchev–Trinajstić information content (AvgIpc) is 2.14. The van der Waals surface area contributed by atoms with Crippen molar-refractivity contribution in [3.8, 4) is 0 Å². The Hall–Kier alpha value is -1.08. The fourth-order valence-corrected chi connectivity index (χ4v) is 1.24. The number of rotatable bonds is 7. The van der Waals surface area contributed by atoms with Crippen LogP contribution in [0.1, 0.15) is 6.42 Å². The zero-order valence-corrected chi connectivity index (χ0v) is 9.63. The molecule has 0 rings (SSSR count). The van der Waals surface area contributed by atoms with E-state index in [4.69, 9.17) is 0 Å². The van der Waals surface area contributed by atoms with E-state index in [0.717, 1.165) is 6.26 Å². The van der Waals surface area contributed by atoms with Gasteiger partial charge in [0.2, 0.25) is 10.0 Å². The van der Waals surface area contributed by atoms with Crippen LogP contribution in [0.2, 0.25) is 0 Å². The van der Waals surface area contributed by atoms with Gasteiger partial charge in [0, 0.05) is 25.4 Å². The standard InChI is InChI=1S/C8H16N2O4S/c1-14-8(11)4-7-9-5-3-6-10-15(2,12)13/h4,7,9-10H,3,5-6H2,1-2H3/b7-4+. The fourth-order valence-electron chi connectivity index (χ4n) is 0.726. The molecule has 0 bridgehead atoms. The Kier molecular flexibility index (Phi) is 6.72. The molecule has 0 amide bonds. The number of sulfonamides is 1. The molecular weight excluding hydrogens is 220 g/mol. The number of carbonyl (C=O) groups excluding carboxylic acids is 1. The molecule has 0 saturated heterocycles. The van der Waals surface area contributed by atoms with E-state index in [1.165, 1.54) is 19.4 Å². The van der Waals surface area contributed by atoms with Crippen LogP contribution in [0.25, 0.3) is 0 Å². The van der Waals surface area contributed by atoms with Gasteiger partial charge in [-0.3, -0.25) is 0 Å². The quantitative estimate of drug-likeness (QED) is 0.343. The second-order valence-corrected chi connectivity index (χ2v) is 4.66. The molecule has 6 nitrogen and oxygen atoms in total. The Balaban J connectivity index is 3.41. The smallest absolute Gasteiger partial charge is 0.331 e. The van der Waals surface area contributed by atoms with Gasteiger partial charge < -0.3 is 10.1 Å². The molecule has 0 aliphatic heterocycles. The van der Waals surface area contributed by atoms with Gasteiger partial charge in [0.1, 0.15) is 0 Å². The van der Waals surface area contributed by atoms with Gasteiger partial charge in [0.15, 0.2) is 0 Å². The lowest BCUT2D eigenvalue weighted by molar-refractivity contribution is -0.134. The zero-order valence-electron chi connectivity index (χ0n) is 8.82. The Morgan fingerprint density at radius 2 is 2.07 bits per heavy atom. The van der Waals surface area contributed by atoms with Gasteiger partial charge in [-0.1, -0.05) is 0 Å². The third-order valence-electron chi connectivity index (χ3n) is 1.40. The van der Waals surface area contributed by atoms with E-state index >= 15 is 0 Å². The molecule has 15 heavy (non-hydrogen) atoms. The second kappa shape index (κ2) is 7.24. The van der Waals surface area contributed by atoms with Gasteiger partial charge >= 0.3 is 5.97 Å². The minimum Gasteiger partial charge on any atom is -0.466 e. The van der Waals surface area contributed by atoms with Gasteiger partial charge in [-0.25, -0.2) is 17.9 Å². The molecule has 2 N–H and O–H groups in total. The summed E-state index contributed by atoms with van der Waals surface area (Å²) >= 11 is 0. The third-order valence-corrected chi connectivity index (χ3v) is 2.13. The van der Waals surface area contributed by atoms with Crippen LogP contribution < -0.4 is 10.0 Å². The summed E-state index contributed by atoms with van der Waals surface area (Å²) in [5, 5.41) is 2.82. The van der Waals surface area contributed by atoms with Crippen molar-refractivity contribution >= 4 is 16.0 Å². The van der Waals surface area contributed by atoms with E-state index in [-0.39, 0.29) is 0 Å². The molecule has 0 heterocycles. The van der Waals surface area contributed by atoms with Crippen molar-refractivity contribution in [3.05, 3.63) is 12.3 Å². The summed E-state index contributed by atoms with van der Waals surface area (Å²) < 4.78 is 28.0. The monoisotopic (exact) mass is 236 g/mol. The van der Waals surface area contributed by atoms with E-state index in [1.54, 1.807) is 0 Å². The first-order valence-electron chi connectivity index (χ1n) is 4.38. The number of hydrogen-bond acceptors (Lipinski definition) is 5. The van der Waals surface area contributed by atoms with Crippen LogP contribution in [0.15, 0.2) is 12.3 Å². The molecule has 0 saturated carbocycles. The van der Waals surface area contributed by atoms with Crippen LogP contribution in [0.4, 0.5) is 0 Å².